The van der Waals surface area contributed by atoms with Crippen LogP contribution in [-0.4, -0.2) is 13.3 Å². The number of alkyl halides is 3. The molecular formula is C16H7F7N2O3S. The van der Waals surface area contributed by atoms with Crippen molar-refractivity contribution in [2.24, 2.45) is 5.10 Å². The summed E-state index contributed by atoms with van der Waals surface area (Å²) >= 11 is 0.728. The van der Waals surface area contributed by atoms with Crippen LogP contribution in [0.4, 0.5) is 36.4 Å². The molecule has 1 N–H and O–H groups in total. The van der Waals surface area contributed by atoms with E-state index in [0.717, 1.165) is 17.6 Å². The Labute approximate surface area is 160 Å². The van der Waals surface area contributed by atoms with Crippen LogP contribution >= 0.6 is 11.3 Å². The maximum atomic E-state index is 13.8. The molecule has 29 heavy (non-hydrogen) atoms. The molecule has 154 valence electrons. The number of methoxy groups -OCH3 is 1. The molecular weight excluding hydrogens is 433 g/mol. The minimum atomic E-state index is -5.64. The van der Waals surface area contributed by atoms with Gasteiger partial charge in [0.2, 0.25) is 0 Å². The standard InChI is InChI=1S/C16H7F7N2O3S/c1-27-6-2-5(3-7-14(6)28-15(26)29-7)4-24-25-13-11(19)9(17)8(16(21,22)23)10(18)12(13)20/h2-4,25H,1H3. The summed E-state index contributed by atoms with van der Waals surface area (Å²) < 4.78 is 103. The Hall–Kier alpha value is -3.09. The molecule has 0 saturated carbocycles. The van der Waals surface area contributed by atoms with E-state index in [0.29, 0.717) is 4.70 Å². The van der Waals surface area contributed by atoms with Crippen LogP contribution in [0.3, 0.4) is 0 Å². The Bertz CT molecular complexity index is 1150. The van der Waals surface area contributed by atoms with Gasteiger partial charge in [0, 0.05) is 0 Å². The first kappa shape index (κ1) is 20.6. The van der Waals surface area contributed by atoms with Crippen LogP contribution in [0.5, 0.6) is 5.75 Å². The lowest BCUT2D eigenvalue weighted by Gasteiger charge is -2.13. The van der Waals surface area contributed by atoms with E-state index < -0.39 is 45.6 Å². The van der Waals surface area contributed by atoms with Gasteiger partial charge in [0.05, 0.1) is 18.0 Å². The third-order valence-electron chi connectivity index (χ3n) is 3.58. The average Bonchev–Trinajstić information content (AvgIpc) is 3.01. The Morgan fingerprint density at radius 2 is 1.72 bits per heavy atom. The molecule has 0 amide bonds. The molecule has 0 aliphatic heterocycles. The third-order valence-corrected chi connectivity index (χ3v) is 4.35. The summed E-state index contributed by atoms with van der Waals surface area (Å²) in [6, 6.07) is 2.71. The zero-order valence-corrected chi connectivity index (χ0v) is 14.8. The van der Waals surface area contributed by atoms with E-state index >= 15 is 0 Å². The number of ether oxygens (including phenoxy) is 1. The van der Waals surface area contributed by atoms with Crippen LogP contribution in [0, 0.1) is 23.3 Å². The minimum absolute atomic E-state index is 0.131. The van der Waals surface area contributed by atoms with Gasteiger partial charge in [0.15, 0.2) is 34.6 Å². The van der Waals surface area contributed by atoms with E-state index in [1.54, 1.807) is 5.43 Å². The quantitative estimate of drug-likeness (QED) is 0.272. The van der Waals surface area contributed by atoms with Crippen LogP contribution in [0.2, 0.25) is 0 Å². The van der Waals surface area contributed by atoms with E-state index in [4.69, 9.17) is 9.15 Å². The Balaban J connectivity index is 1.97. The Morgan fingerprint density at radius 1 is 1.10 bits per heavy atom. The smallest absolute Gasteiger partial charge is 0.422 e. The number of nitrogens with one attached hydrogen (secondary N) is 1. The SMILES string of the molecule is COc1cc(C=NNc2c(F)c(F)c(C(F)(F)F)c(F)c2F)cc2sc(=O)oc12. The van der Waals surface area contributed by atoms with Gasteiger partial charge in [-0.1, -0.05) is 11.3 Å². The molecule has 0 unspecified atom stereocenters. The van der Waals surface area contributed by atoms with E-state index in [9.17, 15) is 35.5 Å². The summed E-state index contributed by atoms with van der Waals surface area (Å²) in [5.41, 5.74) is -2.24. The van der Waals surface area contributed by atoms with Crippen molar-refractivity contribution in [3.05, 3.63) is 56.3 Å². The number of fused-ring (bicyclic) bond motifs is 1. The lowest BCUT2D eigenvalue weighted by atomic mass is 10.1. The number of nitrogens with zero attached hydrogens (tertiary/aromatic N) is 1. The van der Waals surface area contributed by atoms with Crippen molar-refractivity contribution in [3.63, 3.8) is 0 Å². The van der Waals surface area contributed by atoms with E-state index in [1.165, 1.54) is 19.2 Å². The molecule has 0 spiro atoms. The first-order valence-electron chi connectivity index (χ1n) is 7.38. The second kappa shape index (κ2) is 7.39. The van der Waals surface area contributed by atoms with Crippen molar-refractivity contribution in [1.29, 1.82) is 0 Å². The highest BCUT2D eigenvalue weighted by molar-refractivity contribution is 7.16. The van der Waals surface area contributed by atoms with Gasteiger partial charge in [-0.05, 0) is 17.7 Å². The van der Waals surface area contributed by atoms with Crippen molar-refractivity contribution >= 4 is 33.5 Å². The van der Waals surface area contributed by atoms with Gasteiger partial charge in [0.25, 0.3) is 0 Å². The summed E-state index contributed by atoms with van der Waals surface area (Å²) in [5, 5.41) is 3.37. The maximum Gasteiger partial charge on any atom is 0.422 e. The molecule has 0 saturated heterocycles. The van der Waals surface area contributed by atoms with E-state index in [-0.39, 0.29) is 16.9 Å². The zero-order valence-electron chi connectivity index (χ0n) is 14.0. The molecule has 13 heteroatoms. The van der Waals surface area contributed by atoms with Gasteiger partial charge in [-0.2, -0.15) is 18.3 Å². The van der Waals surface area contributed by atoms with Crippen molar-refractivity contribution in [3.8, 4) is 5.75 Å². The summed E-state index contributed by atoms with van der Waals surface area (Å²) in [7, 11) is 1.28. The number of rotatable bonds is 4. The molecule has 1 aromatic heterocycles. The van der Waals surface area contributed by atoms with Gasteiger partial charge >= 0.3 is 11.1 Å². The van der Waals surface area contributed by atoms with Gasteiger partial charge in [-0.25, -0.2) is 22.4 Å². The second-order valence-corrected chi connectivity index (χ2v) is 6.36. The average molecular weight is 440 g/mol. The third kappa shape index (κ3) is 3.77. The summed E-state index contributed by atoms with van der Waals surface area (Å²) in [4.78, 5) is 10.7. The molecule has 0 bridgehead atoms. The first-order chi connectivity index (χ1) is 13.5. The summed E-state index contributed by atoms with van der Waals surface area (Å²) in [5.74, 6) is -9.68. The van der Waals surface area contributed by atoms with Gasteiger partial charge in [-0.3, -0.25) is 5.43 Å². The number of anilines is 1. The van der Waals surface area contributed by atoms with Crippen LogP contribution in [0.25, 0.3) is 10.3 Å². The summed E-state index contributed by atoms with van der Waals surface area (Å²) in [6.45, 7) is 0. The van der Waals surface area contributed by atoms with Crippen molar-refractivity contribution in [1.82, 2.24) is 0 Å². The fourth-order valence-electron chi connectivity index (χ4n) is 2.34. The van der Waals surface area contributed by atoms with Gasteiger partial charge < -0.3 is 9.15 Å². The van der Waals surface area contributed by atoms with Crippen LogP contribution in [-0.2, 0) is 6.18 Å². The minimum Gasteiger partial charge on any atom is -0.493 e. The molecule has 3 rings (SSSR count). The molecule has 3 aromatic rings. The molecule has 0 aliphatic rings. The van der Waals surface area contributed by atoms with Gasteiger partial charge in [-0.15, -0.1) is 0 Å². The number of halogens is 7. The van der Waals surface area contributed by atoms with E-state index in [1.807, 2.05) is 0 Å². The lowest BCUT2D eigenvalue weighted by Crippen LogP contribution is -2.16. The van der Waals surface area contributed by atoms with Crippen LogP contribution in [0.1, 0.15) is 11.1 Å². The zero-order chi connectivity index (χ0) is 21.5. The molecule has 0 radical (unpaired) electrons. The molecule has 0 atom stereocenters. The largest absolute Gasteiger partial charge is 0.493 e. The molecule has 0 fully saturated rings. The molecule has 1 heterocycles. The van der Waals surface area contributed by atoms with Crippen LogP contribution in [0.15, 0.2) is 26.4 Å². The number of hydrogen-bond acceptors (Lipinski definition) is 6. The van der Waals surface area contributed by atoms with Gasteiger partial charge in [0.1, 0.15) is 11.3 Å². The maximum absolute atomic E-state index is 13.8. The monoisotopic (exact) mass is 440 g/mol. The topological polar surface area (TPSA) is 63.8 Å². The van der Waals surface area contributed by atoms with E-state index in [2.05, 4.69) is 5.10 Å². The normalized spacial score (nSPS) is 12.1. The lowest BCUT2D eigenvalue weighted by molar-refractivity contribution is -0.143. The first-order valence-corrected chi connectivity index (χ1v) is 8.20. The highest BCUT2D eigenvalue weighted by Crippen LogP contribution is 2.38. The van der Waals surface area contributed by atoms with Crippen molar-refractivity contribution in [2.75, 3.05) is 12.5 Å². The van der Waals surface area contributed by atoms with Crippen molar-refractivity contribution in [2.45, 2.75) is 6.18 Å². The molecule has 2 aromatic carbocycles. The molecule has 0 aliphatic carbocycles. The van der Waals surface area contributed by atoms with Crippen LogP contribution < -0.4 is 15.1 Å². The highest BCUT2D eigenvalue weighted by atomic mass is 32.1. The second-order valence-electron chi connectivity index (χ2n) is 5.38. The number of hydrazone groups is 1. The highest BCUT2D eigenvalue weighted by Gasteiger charge is 2.42. The summed E-state index contributed by atoms with van der Waals surface area (Å²) in [6.07, 6.45) is -4.71. The fraction of sp³-hybridized carbons (Fsp3) is 0.125. The molecule has 5 nitrogen and oxygen atoms in total. The number of benzene rings is 2. The fourth-order valence-corrected chi connectivity index (χ4v) is 3.08. The predicted octanol–water partition coefficient (Wildman–Crippen LogP) is 4.88. The van der Waals surface area contributed by atoms with Crippen molar-refractivity contribution < 1.29 is 39.9 Å². The Kier molecular flexibility index (Phi) is 5.26. The predicted molar refractivity (Wildman–Crippen MR) is 89.4 cm³/mol. The Morgan fingerprint density at radius 3 is 2.28 bits per heavy atom. The number of hydrogen-bond donors (Lipinski definition) is 1.